The van der Waals surface area contributed by atoms with E-state index in [1.165, 1.54) is 10.7 Å². The molecule has 142 valence electrons. The summed E-state index contributed by atoms with van der Waals surface area (Å²) in [5.74, 6) is -1.18. The highest BCUT2D eigenvalue weighted by molar-refractivity contribution is 6.33. The number of aryl methyl sites for hydroxylation is 2. The molecule has 3 heterocycles. The molecule has 0 saturated heterocycles. The number of rotatable bonds is 8. The van der Waals surface area contributed by atoms with Crippen LogP contribution in [0.3, 0.4) is 0 Å². The van der Waals surface area contributed by atoms with Crippen LogP contribution in [-0.2, 0) is 24.4 Å². The molecule has 3 aromatic heterocycles. The van der Waals surface area contributed by atoms with Crippen LogP contribution in [0.15, 0.2) is 30.9 Å². The molecule has 3 aromatic rings. The maximum absolute atomic E-state index is 12.3. The van der Waals surface area contributed by atoms with Crippen LogP contribution in [0.1, 0.15) is 29.4 Å². The van der Waals surface area contributed by atoms with Crippen molar-refractivity contribution in [3.05, 3.63) is 47.1 Å². The van der Waals surface area contributed by atoms with Crippen LogP contribution in [0.2, 0.25) is 5.02 Å². The Hall–Kier alpha value is -3.14. The lowest BCUT2D eigenvalue weighted by atomic mass is 10.4. The van der Waals surface area contributed by atoms with Crippen molar-refractivity contribution < 1.29 is 14.7 Å². The van der Waals surface area contributed by atoms with Crippen molar-refractivity contribution in [3.63, 3.8) is 0 Å². The highest BCUT2D eigenvalue weighted by Gasteiger charge is 2.15. The Labute approximate surface area is 159 Å². The number of carbonyl (C=O) groups excluding carboxylic acids is 1. The molecular weight excluding hydrogens is 374 g/mol. The summed E-state index contributed by atoms with van der Waals surface area (Å²) in [5, 5.41) is 24.1. The molecule has 10 nitrogen and oxygen atoms in total. The number of nitrogens with zero attached hydrogens (tertiary/aromatic N) is 6. The number of anilines is 1. The Bertz CT molecular complexity index is 959. The minimum Gasteiger partial charge on any atom is -0.481 e. The fraction of sp³-hybridized carbons (Fsp3) is 0.312. The van der Waals surface area contributed by atoms with Gasteiger partial charge in [-0.3, -0.25) is 23.6 Å². The summed E-state index contributed by atoms with van der Waals surface area (Å²) in [6.07, 6.45) is 6.75. The number of nitrogens with one attached hydrogen (secondary N) is 1. The van der Waals surface area contributed by atoms with Gasteiger partial charge in [0.15, 0.2) is 11.5 Å². The van der Waals surface area contributed by atoms with Crippen LogP contribution in [0.5, 0.6) is 0 Å². The molecule has 0 spiro atoms. The van der Waals surface area contributed by atoms with Crippen molar-refractivity contribution in [2.24, 2.45) is 0 Å². The summed E-state index contributed by atoms with van der Waals surface area (Å²) in [7, 11) is 0. The van der Waals surface area contributed by atoms with Crippen molar-refractivity contribution in [2.45, 2.75) is 33.0 Å². The molecule has 0 atom stereocenters. The second kappa shape index (κ2) is 8.04. The fourth-order valence-electron chi connectivity index (χ4n) is 2.40. The van der Waals surface area contributed by atoms with Gasteiger partial charge in [-0.2, -0.15) is 15.3 Å². The minimum atomic E-state index is -0.932. The first-order valence-electron chi connectivity index (χ1n) is 8.25. The van der Waals surface area contributed by atoms with Gasteiger partial charge < -0.3 is 10.4 Å². The topological polar surface area (TPSA) is 120 Å². The smallest absolute Gasteiger partial charge is 0.305 e. The van der Waals surface area contributed by atoms with E-state index >= 15 is 0 Å². The number of hydrogen-bond acceptors (Lipinski definition) is 5. The van der Waals surface area contributed by atoms with E-state index in [1.807, 2.05) is 17.8 Å². The molecule has 0 aromatic carbocycles. The van der Waals surface area contributed by atoms with Crippen molar-refractivity contribution >= 4 is 29.3 Å². The SMILES string of the molecule is CCn1cc(Cn2cc(Cl)c(NC(=O)c3ccn(CCC(=O)O)n3)n2)cn1. The third-order valence-electron chi connectivity index (χ3n) is 3.73. The summed E-state index contributed by atoms with van der Waals surface area (Å²) in [4.78, 5) is 22.9. The first-order chi connectivity index (χ1) is 12.9. The van der Waals surface area contributed by atoms with Crippen LogP contribution in [0.4, 0.5) is 5.82 Å². The average Bonchev–Trinajstić information content (AvgIpc) is 3.34. The Balaban J connectivity index is 1.64. The van der Waals surface area contributed by atoms with Crippen LogP contribution >= 0.6 is 11.6 Å². The predicted molar refractivity (Wildman–Crippen MR) is 96.7 cm³/mol. The van der Waals surface area contributed by atoms with Gasteiger partial charge in [0, 0.05) is 30.7 Å². The number of carboxylic acids is 1. The highest BCUT2D eigenvalue weighted by Crippen LogP contribution is 2.20. The van der Waals surface area contributed by atoms with E-state index in [9.17, 15) is 9.59 Å². The van der Waals surface area contributed by atoms with Crippen LogP contribution < -0.4 is 5.32 Å². The van der Waals surface area contributed by atoms with Crippen molar-refractivity contribution in [2.75, 3.05) is 5.32 Å². The molecule has 3 rings (SSSR count). The van der Waals surface area contributed by atoms with Gasteiger partial charge in [0.1, 0.15) is 5.02 Å². The number of carbonyl (C=O) groups is 2. The molecule has 2 N–H and O–H groups in total. The number of hydrogen-bond donors (Lipinski definition) is 2. The number of aliphatic carboxylic acids is 1. The number of halogens is 1. The monoisotopic (exact) mass is 391 g/mol. The van der Waals surface area contributed by atoms with E-state index in [0.717, 1.165) is 12.1 Å². The molecule has 1 amide bonds. The van der Waals surface area contributed by atoms with E-state index < -0.39 is 11.9 Å². The molecule has 0 saturated carbocycles. The quantitative estimate of drug-likeness (QED) is 0.603. The third-order valence-corrected chi connectivity index (χ3v) is 4.01. The maximum Gasteiger partial charge on any atom is 0.305 e. The van der Waals surface area contributed by atoms with Gasteiger partial charge in [-0.1, -0.05) is 11.6 Å². The lowest BCUT2D eigenvalue weighted by Crippen LogP contribution is -2.15. The van der Waals surface area contributed by atoms with E-state index in [-0.39, 0.29) is 24.5 Å². The van der Waals surface area contributed by atoms with Crippen LogP contribution in [-0.4, -0.2) is 46.3 Å². The molecule has 0 bridgehead atoms. The van der Waals surface area contributed by atoms with Crippen molar-refractivity contribution in [3.8, 4) is 0 Å². The normalized spacial score (nSPS) is 10.9. The Morgan fingerprint density at radius 1 is 1.22 bits per heavy atom. The minimum absolute atomic E-state index is 0.0758. The summed E-state index contributed by atoms with van der Waals surface area (Å²) >= 11 is 6.16. The predicted octanol–water partition coefficient (Wildman–Crippen LogP) is 1.72. The zero-order valence-corrected chi connectivity index (χ0v) is 15.3. The largest absolute Gasteiger partial charge is 0.481 e. The third kappa shape index (κ3) is 4.73. The molecule has 27 heavy (non-hydrogen) atoms. The van der Waals surface area contributed by atoms with E-state index in [1.54, 1.807) is 23.3 Å². The zero-order chi connectivity index (χ0) is 19.4. The van der Waals surface area contributed by atoms with Gasteiger partial charge in [-0.05, 0) is 13.0 Å². The van der Waals surface area contributed by atoms with Gasteiger partial charge in [-0.15, -0.1) is 0 Å². The molecular formula is C16H18ClN7O3. The highest BCUT2D eigenvalue weighted by atomic mass is 35.5. The second-order valence-electron chi connectivity index (χ2n) is 5.79. The first-order valence-corrected chi connectivity index (χ1v) is 8.63. The van der Waals surface area contributed by atoms with Gasteiger partial charge >= 0.3 is 5.97 Å². The van der Waals surface area contributed by atoms with Gasteiger partial charge in [0.05, 0.1) is 25.7 Å². The number of amides is 1. The average molecular weight is 392 g/mol. The molecule has 0 aliphatic rings. The number of aromatic nitrogens is 6. The Morgan fingerprint density at radius 3 is 2.74 bits per heavy atom. The van der Waals surface area contributed by atoms with E-state index in [4.69, 9.17) is 16.7 Å². The van der Waals surface area contributed by atoms with Crippen LogP contribution in [0, 0.1) is 0 Å². The van der Waals surface area contributed by atoms with Crippen molar-refractivity contribution in [1.82, 2.24) is 29.3 Å². The molecule has 0 aliphatic carbocycles. The lowest BCUT2D eigenvalue weighted by molar-refractivity contribution is -0.137. The summed E-state index contributed by atoms with van der Waals surface area (Å²) < 4.78 is 4.82. The molecule has 0 aliphatic heterocycles. The Morgan fingerprint density at radius 2 is 2.04 bits per heavy atom. The first kappa shape index (κ1) is 18.6. The van der Waals surface area contributed by atoms with Gasteiger partial charge in [0.25, 0.3) is 5.91 Å². The second-order valence-corrected chi connectivity index (χ2v) is 6.20. The molecule has 0 radical (unpaired) electrons. The van der Waals surface area contributed by atoms with E-state index in [2.05, 4.69) is 20.6 Å². The van der Waals surface area contributed by atoms with E-state index in [0.29, 0.717) is 11.6 Å². The molecule has 11 heteroatoms. The summed E-state index contributed by atoms with van der Waals surface area (Å²) in [5.41, 5.74) is 1.11. The molecule has 0 fully saturated rings. The Kier molecular flexibility index (Phi) is 5.55. The van der Waals surface area contributed by atoms with Crippen LogP contribution in [0.25, 0.3) is 0 Å². The summed E-state index contributed by atoms with van der Waals surface area (Å²) in [6, 6.07) is 1.50. The van der Waals surface area contributed by atoms with Gasteiger partial charge in [0.2, 0.25) is 0 Å². The zero-order valence-electron chi connectivity index (χ0n) is 14.5. The van der Waals surface area contributed by atoms with Crippen molar-refractivity contribution in [1.29, 1.82) is 0 Å². The lowest BCUT2D eigenvalue weighted by Gasteiger charge is -2.01. The number of carboxylic acid groups (broad SMARTS) is 1. The standard InChI is InChI=1S/C16H18ClN7O3/c1-2-22-8-11(7-18-22)9-24-10-12(17)15(21-24)19-16(27)13-3-5-23(20-13)6-4-14(25)26/h3,5,7-8,10H,2,4,6,9H2,1H3,(H,25,26)(H,19,21,27). The fourth-order valence-corrected chi connectivity index (χ4v) is 2.60. The maximum atomic E-state index is 12.3. The summed E-state index contributed by atoms with van der Waals surface area (Å²) in [6.45, 7) is 3.43. The van der Waals surface area contributed by atoms with Gasteiger partial charge in [-0.25, -0.2) is 0 Å². The molecule has 0 unspecified atom stereocenters.